The molecule has 0 amide bonds. The van der Waals surface area contributed by atoms with E-state index in [1.54, 1.807) is 11.5 Å². The van der Waals surface area contributed by atoms with Gasteiger partial charge in [-0.25, -0.2) is 0 Å². The Kier molecular flexibility index (Phi) is 1.75. The van der Waals surface area contributed by atoms with Gasteiger partial charge in [0.25, 0.3) is 0 Å². The number of aromatic nitrogens is 1. The summed E-state index contributed by atoms with van der Waals surface area (Å²) in [5.74, 6) is 1.95. The summed E-state index contributed by atoms with van der Waals surface area (Å²) in [5.41, 5.74) is 2.42. The number of hydrogen-bond donors (Lipinski definition) is 0. The molecule has 1 aliphatic heterocycles. The van der Waals surface area contributed by atoms with E-state index >= 15 is 0 Å². The van der Waals surface area contributed by atoms with Gasteiger partial charge in [-0.2, -0.15) is 4.37 Å². The average molecular weight is 248 g/mol. The molecule has 2 heterocycles. The zero-order valence-corrected chi connectivity index (χ0v) is 11.7. The standard InChI is InChI=1S/C14H20N2S/c1-9-6-12(17-15-9)16-7-13(3)10(2)11-4-5-14(11,13)8-16/h6,10-11H,4-5,7-8H2,1-3H3/t10?,11?,13-,14?/m0/s1. The number of aryl methyl sites for hydroxylation is 1. The Morgan fingerprint density at radius 3 is 2.82 bits per heavy atom. The normalized spacial score (nSPS) is 47.1. The zero-order chi connectivity index (χ0) is 11.8. The van der Waals surface area contributed by atoms with Gasteiger partial charge in [0.1, 0.15) is 5.00 Å². The maximum absolute atomic E-state index is 4.43. The van der Waals surface area contributed by atoms with Gasteiger partial charge in [0, 0.05) is 13.1 Å². The molecule has 0 aromatic carbocycles. The molecule has 92 valence electrons. The van der Waals surface area contributed by atoms with Crippen LogP contribution >= 0.6 is 11.5 Å². The lowest BCUT2D eigenvalue weighted by Gasteiger charge is -2.71. The van der Waals surface area contributed by atoms with E-state index in [1.165, 1.54) is 36.6 Å². The second-order valence-corrected chi connectivity index (χ2v) is 7.45. The number of nitrogens with zero attached hydrogens (tertiary/aromatic N) is 2. The highest BCUT2D eigenvalue weighted by Gasteiger charge is 2.74. The molecule has 3 fully saturated rings. The van der Waals surface area contributed by atoms with Crippen molar-refractivity contribution in [3.05, 3.63) is 11.8 Å². The molecule has 4 rings (SSSR count). The minimum atomic E-state index is 0.577. The average Bonchev–Trinajstić information content (AvgIpc) is 2.79. The smallest absolute Gasteiger partial charge is 0.112 e. The minimum absolute atomic E-state index is 0.577. The van der Waals surface area contributed by atoms with Gasteiger partial charge in [0.05, 0.1) is 5.69 Å². The molecule has 3 heteroatoms. The first kappa shape index (κ1) is 10.4. The van der Waals surface area contributed by atoms with E-state index in [0.29, 0.717) is 10.8 Å². The van der Waals surface area contributed by atoms with Crippen LogP contribution in [-0.2, 0) is 0 Å². The van der Waals surface area contributed by atoms with Gasteiger partial charge in [0.2, 0.25) is 0 Å². The molecule has 1 aromatic heterocycles. The van der Waals surface area contributed by atoms with Gasteiger partial charge in [-0.3, -0.25) is 0 Å². The lowest BCUT2D eigenvalue weighted by molar-refractivity contribution is -0.224. The van der Waals surface area contributed by atoms with Crippen LogP contribution in [0.5, 0.6) is 0 Å². The summed E-state index contributed by atoms with van der Waals surface area (Å²) in [6.07, 6.45) is 2.94. The van der Waals surface area contributed by atoms with Crippen LogP contribution in [0.25, 0.3) is 0 Å². The van der Waals surface area contributed by atoms with E-state index < -0.39 is 0 Å². The topological polar surface area (TPSA) is 16.1 Å². The van der Waals surface area contributed by atoms with Crippen molar-refractivity contribution < 1.29 is 0 Å². The van der Waals surface area contributed by atoms with E-state index in [-0.39, 0.29) is 0 Å². The van der Waals surface area contributed by atoms with Gasteiger partial charge in [-0.15, -0.1) is 0 Å². The van der Waals surface area contributed by atoms with E-state index in [1.807, 2.05) is 0 Å². The fourth-order valence-corrected chi connectivity index (χ4v) is 5.78. The molecule has 2 saturated carbocycles. The van der Waals surface area contributed by atoms with E-state index in [2.05, 4.69) is 36.1 Å². The Hall–Kier alpha value is -0.570. The quantitative estimate of drug-likeness (QED) is 0.758. The highest BCUT2D eigenvalue weighted by atomic mass is 32.1. The molecule has 1 spiro atoms. The first-order valence-corrected chi connectivity index (χ1v) is 7.52. The van der Waals surface area contributed by atoms with Crippen LogP contribution in [0.2, 0.25) is 0 Å². The van der Waals surface area contributed by atoms with Gasteiger partial charge < -0.3 is 4.90 Å². The van der Waals surface area contributed by atoms with Crippen LogP contribution in [0, 0.1) is 29.6 Å². The van der Waals surface area contributed by atoms with Crippen molar-refractivity contribution in [3.8, 4) is 0 Å². The molecule has 4 atom stereocenters. The molecule has 1 saturated heterocycles. The third-order valence-corrected chi connectivity index (χ3v) is 7.22. The minimum Gasteiger partial charge on any atom is -0.361 e. The van der Waals surface area contributed by atoms with Crippen molar-refractivity contribution in [1.82, 2.24) is 4.37 Å². The Morgan fingerprint density at radius 1 is 1.47 bits per heavy atom. The third-order valence-electron chi connectivity index (χ3n) is 6.28. The van der Waals surface area contributed by atoms with Crippen LogP contribution in [0.4, 0.5) is 5.00 Å². The molecule has 1 aromatic rings. The number of anilines is 1. The largest absolute Gasteiger partial charge is 0.361 e. The third kappa shape index (κ3) is 0.975. The monoisotopic (exact) mass is 248 g/mol. The zero-order valence-electron chi connectivity index (χ0n) is 10.9. The van der Waals surface area contributed by atoms with Crippen LogP contribution in [0.3, 0.4) is 0 Å². The highest BCUT2D eigenvalue weighted by molar-refractivity contribution is 7.10. The molecule has 0 bridgehead atoms. The van der Waals surface area contributed by atoms with Crippen molar-refractivity contribution >= 4 is 16.5 Å². The summed E-state index contributed by atoms with van der Waals surface area (Å²) < 4.78 is 4.43. The number of rotatable bonds is 1. The summed E-state index contributed by atoms with van der Waals surface area (Å²) in [6.45, 7) is 9.65. The SMILES string of the molecule is Cc1cc(N2CC34CCC3C(C)[C@]4(C)C2)sn1. The fraction of sp³-hybridized carbons (Fsp3) is 0.786. The van der Waals surface area contributed by atoms with Crippen LogP contribution in [0.15, 0.2) is 6.07 Å². The summed E-state index contributed by atoms with van der Waals surface area (Å²) in [7, 11) is 0. The predicted molar refractivity (Wildman–Crippen MR) is 71.5 cm³/mol. The molecule has 0 radical (unpaired) electrons. The van der Waals surface area contributed by atoms with E-state index in [0.717, 1.165) is 11.8 Å². The van der Waals surface area contributed by atoms with Gasteiger partial charge >= 0.3 is 0 Å². The Morgan fingerprint density at radius 2 is 2.29 bits per heavy atom. The Bertz CT molecular complexity index is 470. The molecular formula is C14H20N2S. The van der Waals surface area contributed by atoms with E-state index in [9.17, 15) is 0 Å². The summed E-state index contributed by atoms with van der Waals surface area (Å²) in [4.78, 5) is 2.61. The lowest BCUT2D eigenvalue weighted by Crippen LogP contribution is -2.68. The van der Waals surface area contributed by atoms with Crippen molar-refractivity contribution in [1.29, 1.82) is 0 Å². The van der Waals surface area contributed by atoms with Crippen molar-refractivity contribution in [2.24, 2.45) is 22.7 Å². The Balaban J connectivity index is 1.67. The molecule has 17 heavy (non-hydrogen) atoms. The van der Waals surface area contributed by atoms with Gasteiger partial charge in [-0.1, -0.05) is 13.8 Å². The maximum Gasteiger partial charge on any atom is 0.112 e. The van der Waals surface area contributed by atoms with Crippen molar-refractivity contribution in [3.63, 3.8) is 0 Å². The molecule has 2 aliphatic carbocycles. The summed E-state index contributed by atoms with van der Waals surface area (Å²) in [5, 5.41) is 1.39. The first-order valence-electron chi connectivity index (χ1n) is 6.75. The van der Waals surface area contributed by atoms with Crippen LogP contribution < -0.4 is 4.90 Å². The first-order chi connectivity index (χ1) is 8.07. The lowest BCUT2D eigenvalue weighted by atomic mass is 9.32. The number of hydrogen-bond acceptors (Lipinski definition) is 3. The van der Waals surface area contributed by atoms with Gasteiger partial charge in [-0.05, 0) is 60.0 Å². The van der Waals surface area contributed by atoms with Gasteiger partial charge in [0.15, 0.2) is 0 Å². The summed E-state index contributed by atoms with van der Waals surface area (Å²) >= 11 is 1.68. The highest BCUT2D eigenvalue weighted by Crippen LogP contribution is 2.77. The van der Waals surface area contributed by atoms with Crippen molar-refractivity contribution in [2.45, 2.75) is 33.6 Å². The van der Waals surface area contributed by atoms with Crippen LogP contribution in [0.1, 0.15) is 32.4 Å². The summed E-state index contributed by atoms with van der Waals surface area (Å²) in [6, 6.07) is 2.26. The maximum atomic E-state index is 4.43. The fourth-order valence-electron chi connectivity index (χ4n) is 5.02. The predicted octanol–water partition coefficient (Wildman–Crippen LogP) is 3.32. The second-order valence-electron chi connectivity index (χ2n) is 6.67. The molecule has 3 aliphatic rings. The molecule has 3 unspecified atom stereocenters. The van der Waals surface area contributed by atoms with Crippen molar-refractivity contribution in [2.75, 3.05) is 18.0 Å². The Labute approximate surface area is 107 Å². The molecule has 2 nitrogen and oxygen atoms in total. The molecular weight excluding hydrogens is 228 g/mol. The van der Waals surface area contributed by atoms with Crippen LogP contribution in [-0.4, -0.2) is 17.5 Å². The second kappa shape index (κ2) is 2.87. The molecule has 0 N–H and O–H groups in total. The van der Waals surface area contributed by atoms with E-state index in [4.69, 9.17) is 0 Å².